The highest BCUT2D eigenvalue weighted by Gasteiger charge is 2.71. The molecule has 0 spiro atoms. The van der Waals surface area contributed by atoms with Crippen LogP contribution in [0.15, 0.2) is 82.8 Å². The molecule has 15 aliphatic rings. The molecule has 0 unspecified atom stereocenters. The van der Waals surface area contributed by atoms with Gasteiger partial charge in [-0.05, 0) is 307 Å². The van der Waals surface area contributed by atoms with Crippen molar-refractivity contribution in [3.05, 3.63) is 103 Å². The van der Waals surface area contributed by atoms with Crippen LogP contribution in [0.25, 0.3) is 0 Å². The lowest BCUT2D eigenvalue weighted by Gasteiger charge is -2.63. The van der Waals surface area contributed by atoms with Gasteiger partial charge in [-0.3, -0.25) is 4.79 Å². The third kappa shape index (κ3) is 14.1. The number of nitrogens with one attached hydrogen (secondary N) is 2. The second-order valence-corrected chi connectivity index (χ2v) is 38.8. The monoisotopic (exact) mass is 1530 g/mol. The van der Waals surface area contributed by atoms with E-state index in [1.807, 2.05) is 28.0 Å². The summed E-state index contributed by atoms with van der Waals surface area (Å²) in [4.78, 5) is 75.9. The van der Waals surface area contributed by atoms with Crippen molar-refractivity contribution >= 4 is 29.0 Å². The van der Waals surface area contributed by atoms with Gasteiger partial charge in [0.05, 0.1) is 75.2 Å². The number of ether oxygens (including phenoxy) is 3. The van der Waals surface area contributed by atoms with Crippen LogP contribution in [0.5, 0.6) is 0 Å². The van der Waals surface area contributed by atoms with Crippen LogP contribution in [-0.2, 0) is 14.2 Å². The van der Waals surface area contributed by atoms with Crippen LogP contribution in [0.2, 0.25) is 0 Å². The van der Waals surface area contributed by atoms with Crippen molar-refractivity contribution in [3.63, 3.8) is 0 Å². The minimum absolute atomic E-state index is 0.0667. The maximum absolute atomic E-state index is 12.8. The minimum atomic E-state index is -0.675. The first-order valence-corrected chi connectivity index (χ1v) is 42.9. The summed E-state index contributed by atoms with van der Waals surface area (Å²) in [5, 5.41) is 43.3. The summed E-state index contributed by atoms with van der Waals surface area (Å²) in [6, 6.07) is 11.3. The Bertz CT molecular complexity index is 3710. The molecule has 21 nitrogen and oxygen atoms in total. The van der Waals surface area contributed by atoms with Gasteiger partial charge in [0.25, 0.3) is 0 Å². The molecule has 602 valence electrons. The van der Waals surface area contributed by atoms with Crippen molar-refractivity contribution in [2.24, 2.45) is 91.5 Å². The highest BCUT2D eigenvalue weighted by atomic mass is 35.5. The van der Waals surface area contributed by atoms with E-state index in [4.69, 9.17) is 44.8 Å². The second-order valence-electron chi connectivity index (χ2n) is 38.5. The Labute approximate surface area is 649 Å². The first-order chi connectivity index (χ1) is 52.1. The number of nitrogens with two attached hydrogens (primary N) is 1. The standard InChI is InChI=1S/2C29H42N2O5.C24H35NO3.C5H8ClNO2/c2*1-27-10-7-21(30-26(33)31-13-15-35-16-14-31)17-20(27)4-5-24-23(27)8-11-28(2)22(9-12-29(24,28)34)19-3-6-25(32)36-18-19;1-22-10-7-17(25)13-16(22)4-5-20-19(22)8-11-23(2)18(9-12-24(20,23)27)15-3-6-21(26)28-14-15;6-5(8)7-1-3-9-4-2-7/h2*3,6,18,20-24,34H,4-5,7-17H2,1-2H3,(H,30,33);3,6,14,16-20,27H,4-5,7-13,25H2,1-2H3;1-4H2/t2*20-,21-,22-,23+,24-,27+,28-,29+;16-,17-,18-,19+,20-,22+,23-,24+;/m111./s1. The van der Waals surface area contributed by atoms with Crippen molar-refractivity contribution in [1.82, 2.24) is 25.3 Å². The van der Waals surface area contributed by atoms with Gasteiger partial charge in [0.1, 0.15) is 0 Å². The lowest BCUT2D eigenvalue weighted by molar-refractivity contribution is -0.202. The first-order valence-electron chi connectivity index (χ1n) is 42.5. The number of hydrogen-bond donors (Lipinski definition) is 6. The van der Waals surface area contributed by atoms with E-state index in [-0.39, 0.29) is 91.2 Å². The van der Waals surface area contributed by atoms with E-state index in [1.54, 1.807) is 23.7 Å². The third-order valence-corrected chi connectivity index (χ3v) is 34.7. The lowest BCUT2D eigenvalue weighted by atomic mass is 9.43. The third-order valence-electron chi connectivity index (χ3n) is 34.5. The molecule has 0 aromatic carbocycles. The van der Waals surface area contributed by atoms with E-state index in [0.29, 0.717) is 138 Å². The Morgan fingerprint density at radius 1 is 0.394 bits per heavy atom. The number of amides is 5. The molecule has 3 aromatic heterocycles. The molecule has 109 heavy (non-hydrogen) atoms. The highest BCUT2D eigenvalue weighted by molar-refractivity contribution is 6.62. The molecule has 18 rings (SSSR count). The van der Waals surface area contributed by atoms with Gasteiger partial charge < -0.3 is 73.8 Å². The van der Waals surface area contributed by atoms with Gasteiger partial charge in [0.2, 0.25) is 0 Å². The summed E-state index contributed by atoms with van der Waals surface area (Å²) < 4.78 is 31.4. The normalized spacial score (nSPS) is 43.9. The molecular weight excluding hydrogens is 1400 g/mol. The molecule has 7 N–H and O–H groups in total. The van der Waals surface area contributed by atoms with E-state index in [9.17, 15) is 44.1 Å². The number of morpholine rings is 3. The zero-order chi connectivity index (χ0) is 76.7. The molecule has 5 amide bonds. The van der Waals surface area contributed by atoms with Crippen molar-refractivity contribution < 1.29 is 57.2 Å². The maximum atomic E-state index is 12.8. The van der Waals surface area contributed by atoms with Crippen LogP contribution in [-0.4, -0.2) is 161 Å². The van der Waals surface area contributed by atoms with Crippen LogP contribution in [0.3, 0.4) is 0 Å². The summed E-state index contributed by atoms with van der Waals surface area (Å²) in [7, 11) is 0. The topological polar surface area (TPSA) is 290 Å². The molecule has 0 bridgehead atoms. The van der Waals surface area contributed by atoms with E-state index in [0.717, 1.165) is 170 Å². The average Bonchev–Trinajstić information content (AvgIpc) is 1.61. The van der Waals surface area contributed by atoms with Gasteiger partial charge in [-0.15, -0.1) is 0 Å². The van der Waals surface area contributed by atoms with E-state index in [2.05, 4.69) is 52.2 Å². The average molecular weight is 1530 g/mol. The number of rotatable bonds is 5. The summed E-state index contributed by atoms with van der Waals surface area (Å²) in [6.45, 7) is 22.1. The molecule has 0 radical (unpaired) electrons. The van der Waals surface area contributed by atoms with Crippen LogP contribution < -0.4 is 33.2 Å². The molecule has 3 aliphatic heterocycles. The minimum Gasteiger partial charge on any atom is -0.431 e. The summed E-state index contributed by atoms with van der Waals surface area (Å²) in [5.74, 6) is 5.33. The number of carbonyl (C=O) groups excluding carboxylic acids is 3. The number of fused-ring (bicyclic) bond motifs is 15. The molecule has 22 heteroatoms. The highest BCUT2D eigenvalue weighted by Crippen LogP contribution is 2.74. The molecule has 3 aromatic rings. The van der Waals surface area contributed by atoms with Gasteiger partial charge in [0, 0.05) is 91.8 Å². The SMILES string of the molecule is C[C@]12CC[C@@H](N)C[C@H]1CC[C@@H]1[C@@H]2CC[C@]2(C)[C@@H](c3ccc(=O)oc3)CC[C@]12O.C[C@]12CC[C@@H](NC(=O)N3CCOCC3)C[C@H]1CC[C@@H]1[C@@H]2CC[C@]2(C)[C@@H](c3ccc(=O)oc3)CC[C@]12O.C[C@]12CC[C@@H](NC(=O)N3CCOCC3)C[C@H]1CC[C@@H]1[C@@H]2CC[C@]2(C)[C@@H](c3ccc(=O)oc3)CC[C@]12O.O=C(Cl)N1CCOCC1. The van der Waals surface area contributed by atoms with Crippen LogP contribution in [0, 0.1) is 85.8 Å². The van der Waals surface area contributed by atoms with Crippen molar-refractivity contribution in [3.8, 4) is 0 Å². The quantitative estimate of drug-likeness (QED) is 0.102. The molecule has 12 aliphatic carbocycles. The van der Waals surface area contributed by atoms with Gasteiger partial charge in [-0.1, -0.05) is 41.5 Å². The van der Waals surface area contributed by atoms with E-state index in [1.165, 1.54) is 43.9 Å². The number of aliphatic hydroxyl groups is 3. The summed E-state index contributed by atoms with van der Waals surface area (Å²) >= 11 is 5.19. The molecule has 15 fully saturated rings. The Balaban J connectivity index is 0.000000124. The predicted octanol–water partition coefficient (Wildman–Crippen LogP) is 13.5. The molecular formula is C87H127ClN6O15. The number of urea groups is 2. The predicted molar refractivity (Wildman–Crippen MR) is 414 cm³/mol. The fraction of sp³-hybridized carbons (Fsp3) is 0.793. The van der Waals surface area contributed by atoms with Crippen molar-refractivity contribution in [1.29, 1.82) is 0 Å². The second kappa shape index (κ2) is 30.9. The number of nitrogens with zero attached hydrogens (tertiary/aromatic N) is 3. The first kappa shape index (κ1) is 79.1. The van der Waals surface area contributed by atoms with E-state index < -0.39 is 16.8 Å². The Morgan fingerprint density at radius 2 is 0.706 bits per heavy atom. The number of carbonyl (C=O) groups is 3. The largest absolute Gasteiger partial charge is 0.431 e. The summed E-state index contributed by atoms with van der Waals surface area (Å²) in [5.41, 5.74) is 6.88. The smallest absolute Gasteiger partial charge is 0.335 e. The Kier molecular flexibility index (Phi) is 22.4. The van der Waals surface area contributed by atoms with Gasteiger partial charge in [-0.25, -0.2) is 24.0 Å². The zero-order valence-electron chi connectivity index (χ0n) is 66.0. The van der Waals surface area contributed by atoms with E-state index >= 15 is 0 Å². The molecule has 6 heterocycles. The lowest BCUT2D eigenvalue weighted by Crippen LogP contribution is -2.62. The zero-order valence-corrected chi connectivity index (χ0v) is 66.7. The number of halogens is 1. The molecule has 12 saturated carbocycles. The Hall–Kier alpha value is -5.13. The Morgan fingerprint density at radius 3 is 1.01 bits per heavy atom. The number of hydrogen-bond acceptors (Lipinski definition) is 16. The molecule has 3 saturated heterocycles. The van der Waals surface area contributed by atoms with Crippen LogP contribution >= 0.6 is 11.6 Å². The summed E-state index contributed by atoms with van der Waals surface area (Å²) in [6.07, 6.45) is 33.5. The fourth-order valence-corrected chi connectivity index (χ4v) is 28.2. The van der Waals surface area contributed by atoms with Crippen LogP contribution in [0.1, 0.15) is 249 Å². The van der Waals surface area contributed by atoms with Gasteiger partial charge in [0.15, 0.2) is 0 Å². The van der Waals surface area contributed by atoms with Gasteiger partial charge in [-0.2, -0.15) is 0 Å². The van der Waals surface area contributed by atoms with Crippen LogP contribution in [0.4, 0.5) is 14.4 Å². The van der Waals surface area contributed by atoms with Crippen molar-refractivity contribution in [2.45, 2.75) is 268 Å². The maximum Gasteiger partial charge on any atom is 0.335 e. The fourth-order valence-electron chi connectivity index (χ4n) is 28.1. The van der Waals surface area contributed by atoms with Crippen molar-refractivity contribution in [2.75, 3.05) is 78.9 Å². The molecule has 24 atom stereocenters. The van der Waals surface area contributed by atoms with Gasteiger partial charge >= 0.3 is 34.3 Å².